The highest BCUT2D eigenvalue weighted by Gasteiger charge is 2.46. The predicted octanol–water partition coefficient (Wildman–Crippen LogP) is 0.685. The molecule has 0 unspecified atom stereocenters. The van der Waals surface area contributed by atoms with Crippen molar-refractivity contribution in [3.8, 4) is 11.5 Å². The van der Waals surface area contributed by atoms with Crippen LogP contribution in [0.3, 0.4) is 0 Å². The fourth-order valence-corrected chi connectivity index (χ4v) is 4.57. The molecule has 2 aromatic rings. The van der Waals surface area contributed by atoms with Gasteiger partial charge in [-0.05, 0) is 12.1 Å². The number of benzene rings is 1. The Morgan fingerprint density at radius 2 is 2.04 bits per heavy atom. The average molecular weight is 381 g/mol. The van der Waals surface area contributed by atoms with E-state index in [4.69, 9.17) is 14.0 Å². The maximum atomic E-state index is 13.0. The monoisotopic (exact) mass is 381 g/mol. The maximum Gasteiger partial charge on any atom is 0.260 e. The molecule has 140 valence electrons. The summed E-state index contributed by atoms with van der Waals surface area (Å²) in [5.74, 6) is 1.44. The third kappa shape index (κ3) is 2.83. The van der Waals surface area contributed by atoms with Gasteiger partial charge < -0.3 is 19.1 Å². The molecule has 10 heteroatoms. The van der Waals surface area contributed by atoms with Crippen LogP contribution in [0.1, 0.15) is 25.1 Å². The van der Waals surface area contributed by atoms with Crippen molar-refractivity contribution in [3.63, 3.8) is 0 Å². The second-order valence-corrected chi connectivity index (χ2v) is 8.23. The van der Waals surface area contributed by atoms with E-state index in [9.17, 15) is 13.5 Å². The molecule has 1 saturated heterocycles. The molecule has 0 radical (unpaired) electrons. The van der Waals surface area contributed by atoms with E-state index in [1.807, 2.05) is 6.92 Å². The largest absolute Gasteiger partial charge is 0.486 e. The summed E-state index contributed by atoms with van der Waals surface area (Å²) in [6, 6.07) is 4.50. The van der Waals surface area contributed by atoms with Crippen LogP contribution in [0.2, 0.25) is 0 Å². The number of aryl methyl sites for hydroxylation is 1. The van der Waals surface area contributed by atoms with E-state index < -0.39 is 15.6 Å². The number of ether oxygens (including phenoxy) is 2. The molecule has 0 bridgehead atoms. The number of aromatic nitrogens is 2. The van der Waals surface area contributed by atoms with Gasteiger partial charge in [-0.25, -0.2) is 8.42 Å². The highest BCUT2D eigenvalue weighted by molar-refractivity contribution is 7.89. The molecule has 2 aliphatic rings. The van der Waals surface area contributed by atoms with Crippen molar-refractivity contribution < 1.29 is 27.5 Å². The quantitative estimate of drug-likeness (QED) is 0.822. The first kappa shape index (κ1) is 17.3. The van der Waals surface area contributed by atoms with Gasteiger partial charge in [-0.15, -0.1) is 0 Å². The Morgan fingerprint density at radius 3 is 2.77 bits per heavy atom. The molecule has 1 N–H and O–H groups in total. The second kappa shape index (κ2) is 6.22. The molecular weight excluding hydrogens is 362 g/mol. The van der Waals surface area contributed by atoms with Crippen molar-refractivity contribution in [2.24, 2.45) is 0 Å². The minimum absolute atomic E-state index is 0.0502. The summed E-state index contributed by atoms with van der Waals surface area (Å²) in [5, 5.41) is 14.6. The highest BCUT2D eigenvalue weighted by atomic mass is 32.2. The van der Waals surface area contributed by atoms with Crippen molar-refractivity contribution in [3.05, 3.63) is 29.9 Å². The van der Waals surface area contributed by atoms with Crippen molar-refractivity contribution in [1.82, 2.24) is 14.4 Å². The molecule has 9 nitrogen and oxygen atoms in total. The Kier molecular flexibility index (Phi) is 4.13. The summed E-state index contributed by atoms with van der Waals surface area (Å²) < 4.78 is 43.1. The van der Waals surface area contributed by atoms with Crippen LogP contribution < -0.4 is 9.47 Å². The van der Waals surface area contributed by atoms with Gasteiger partial charge in [0.25, 0.3) is 5.89 Å². The molecule has 0 aliphatic carbocycles. The zero-order chi connectivity index (χ0) is 18.4. The van der Waals surface area contributed by atoms with Crippen LogP contribution in [0.25, 0.3) is 0 Å². The lowest BCUT2D eigenvalue weighted by molar-refractivity contribution is 0.0194. The van der Waals surface area contributed by atoms with Crippen LogP contribution in [-0.4, -0.2) is 54.3 Å². The lowest BCUT2D eigenvalue weighted by atomic mass is 10.0. The number of hydrogen-bond donors (Lipinski definition) is 1. The summed E-state index contributed by atoms with van der Waals surface area (Å²) >= 11 is 0. The Morgan fingerprint density at radius 1 is 1.27 bits per heavy atom. The molecule has 1 aromatic heterocycles. The lowest BCUT2D eigenvalue weighted by Crippen LogP contribution is -2.34. The Bertz CT molecular complexity index is 928. The average Bonchev–Trinajstić information content (AvgIpc) is 3.29. The molecule has 26 heavy (non-hydrogen) atoms. The first-order chi connectivity index (χ1) is 12.4. The molecule has 3 heterocycles. The van der Waals surface area contributed by atoms with Gasteiger partial charge in [0, 0.05) is 25.5 Å². The summed E-state index contributed by atoms with van der Waals surface area (Å²) in [5.41, 5.74) is -1.48. The van der Waals surface area contributed by atoms with E-state index in [0.29, 0.717) is 37.0 Å². The van der Waals surface area contributed by atoms with Crippen LogP contribution >= 0.6 is 0 Å². The number of sulfonamides is 1. The Hall–Kier alpha value is -2.17. The molecule has 1 fully saturated rings. The number of aliphatic hydroxyl groups is 1. The van der Waals surface area contributed by atoms with Crippen LogP contribution in [0.4, 0.5) is 0 Å². The van der Waals surface area contributed by atoms with Gasteiger partial charge in [0.2, 0.25) is 10.0 Å². The number of hydrogen-bond acceptors (Lipinski definition) is 8. The van der Waals surface area contributed by atoms with E-state index in [1.54, 1.807) is 6.07 Å². The van der Waals surface area contributed by atoms with Gasteiger partial charge in [-0.1, -0.05) is 12.1 Å². The summed E-state index contributed by atoms with van der Waals surface area (Å²) in [7, 11) is -3.80. The summed E-state index contributed by atoms with van der Waals surface area (Å²) in [6.45, 7) is 2.68. The second-order valence-electron chi connectivity index (χ2n) is 6.29. The molecule has 0 amide bonds. The molecule has 1 aromatic carbocycles. The molecule has 1 atom stereocenters. The number of nitrogens with zero attached hydrogens (tertiary/aromatic N) is 3. The standard InChI is InChI=1S/C16H19N3O6S/c1-2-14-17-15(25-18-14)16(20)5-6-19(10-16)26(21,22)11-3-4-12-13(9-11)24-8-7-23-12/h3-4,9,20H,2,5-8,10H2,1H3/t16-/m1/s1. The van der Waals surface area contributed by atoms with Gasteiger partial charge in [0.05, 0.1) is 11.4 Å². The normalized spacial score (nSPS) is 23.3. The minimum Gasteiger partial charge on any atom is -0.486 e. The lowest BCUT2D eigenvalue weighted by Gasteiger charge is -2.22. The Labute approximate surface area is 150 Å². The molecule has 2 aliphatic heterocycles. The molecular formula is C16H19N3O6S. The van der Waals surface area contributed by atoms with Crippen LogP contribution in [0, 0.1) is 0 Å². The van der Waals surface area contributed by atoms with E-state index in [1.165, 1.54) is 16.4 Å². The molecule has 0 spiro atoms. The SMILES string of the molecule is CCc1noc([C@@]2(O)CCN(S(=O)(=O)c3ccc4c(c3)OCCO4)C2)n1. The van der Waals surface area contributed by atoms with Gasteiger partial charge in [-0.3, -0.25) is 0 Å². The first-order valence-corrected chi connectivity index (χ1v) is 9.82. The Balaban J connectivity index is 1.59. The van der Waals surface area contributed by atoms with Crippen LogP contribution in [0.5, 0.6) is 11.5 Å². The third-order valence-electron chi connectivity index (χ3n) is 4.55. The van der Waals surface area contributed by atoms with Crippen molar-refractivity contribution >= 4 is 10.0 Å². The fourth-order valence-electron chi connectivity index (χ4n) is 3.06. The third-order valence-corrected chi connectivity index (χ3v) is 6.39. The van der Waals surface area contributed by atoms with Crippen molar-refractivity contribution in [2.45, 2.75) is 30.3 Å². The van der Waals surface area contributed by atoms with E-state index in [2.05, 4.69) is 10.1 Å². The maximum absolute atomic E-state index is 13.0. The van der Waals surface area contributed by atoms with E-state index in [0.717, 1.165) is 0 Å². The number of β-amino-alcohol motifs (C(OH)–C–C–N with tert-alkyl or cyclic N) is 1. The highest BCUT2D eigenvalue weighted by Crippen LogP contribution is 2.37. The topological polar surface area (TPSA) is 115 Å². The zero-order valence-electron chi connectivity index (χ0n) is 14.2. The van der Waals surface area contributed by atoms with Gasteiger partial charge in [-0.2, -0.15) is 9.29 Å². The number of fused-ring (bicyclic) bond motifs is 1. The van der Waals surface area contributed by atoms with Gasteiger partial charge >= 0.3 is 0 Å². The zero-order valence-corrected chi connectivity index (χ0v) is 15.0. The number of rotatable bonds is 4. The fraction of sp³-hybridized carbons (Fsp3) is 0.500. The summed E-state index contributed by atoms with van der Waals surface area (Å²) in [6.07, 6.45) is 0.751. The first-order valence-electron chi connectivity index (χ1n) is 8.38. The molecule has 0 saturated carbocycles. The van der Waals surface area contributed by atoms with Crippen molar-refractivity contribution in [1.29, 1.82) is 0 Å². The predicted molar refractivity (Wildman–Crippen MR) is 88.4 cm³/mol. The molecule has 4 rings (SSSR count). The van der Waals surface area contributed by atoms with E-state index in [-0.39, 0.29) is 30.3 Å². The van der Waals surface area contributed by atoms with E-state index >= 15 is 0 Å². The van der Waals surface area contributed by atoms with Gasteiger partial charge in [0.15, 0.2) is 22.9 Å². The minimum atomic E-state index is -3.80. The summed E-state index contributed by atoms with van der Waals surface area (Å²) in [4.78, 5) is 4.23. The smallest absolute Gasteiger partial charge is 0.260 e. The van der Waals surface area contributed by atoms with Crippen molar-refractivity contribution in [2.75, 3.05) is 26.3 Å². The van der Waals surface area contributed by atoms with Gasteiger partial charge in [0.1, 0.15) is 13.2 Å². The van der Waals surface area contributed by atoms with Crippen LogP contribution in [-0.2, 0) is 22.0 Å². The van der Waals surface area contributed by atoms with Crippen LogP contribution in [0.15, 0.2) is 27.6 Å².